The van der Waals surface area contributed by atoms with Gasteiger partial charge < -0.3 is 15.3 Å². The molecule has 2 unspecified atom stereocenters. The highest BCUT2D eigenvalue weighted by Crippen LogP contribution is 2.09. The van der Waals surface area contributed by atoms with E-state index in [0.717, 1.165) is 0 Å². The third kappa shape index (κ3) is 5.17. The minimum absolute atomic E-state index is 0.0199. The SMILES string of the molecule is O=S(=O)(O)C(CO)CC(O)CCO. The molecule has 0 aliphatic heterocycles. The van der Waals surface area contributed by atoms with Gasteiger partial charge in [-0.15, -0.1) is 0 Å². The van der Waals surface area contributed by atoms with Crippen LogP contribution in [0.4, 0.5) is 0 Å². The van der Waals surface area contributed by atoms with E-state index in [1.165, 1.54) is 0 Å². The third-order valence-electron chi connectivity index (χ3n) is 1.62. The van der Waals surface area contributed by atoms with Gasteiger partial charge in [-0.2, -0.15) is 8.42 Å². The van der Waals surface area contributed by atoms with Gasteiger partial charge in [0.1, 0.15) is 5.25 Å². The number of aliphatic hydroxyl groups excluding tert-OH is 3. The Hall–Kier alpha value is -0.210. The summed E-state index contributed by atoms with van der Waals surface area (Å²) >= 11 is 0. The molecule has 0 aliphatic carbocycles. The van der Waals surface area contributed by atoms with Crippen molar-refractivity contribution in [3.05, 3.63) is 0 Å². The zero-order valence-electron chi connectivity index (χ0n) is 7.00. The lowest BCUT2D eigenvalue weighted by Crippen LogP contribution is -2.29. The molecule has 0 aromatic rings. The van der Waals surface area contributed by atoms with Crippen LogP contribution in [0.2, 0.25) is 0 Å². The third-order valence-corrected chi connectivity index (χ3v) is 2.81. The molecule has 0 spiro atoms. The lowest BCUT2D eigenvalue weighted by Gasteiger charge is -2.14. The highest BCUT2D eigenvalue weighted by molar-refractivity contribution is 7.86. The van der Waals surface area contributed by atoms with Gasteiger partial charge in [-0.1, -0.05) is 0 Å². The van der Waals surface area contributed by atoms with Crippen LogP contribution in [-0.2, 0) is 10.1 Å². The van der Waals surface area contributed by atoms with E-state index in [0.29, 0.717) is 0 Å². The summed E-state index contributed by atoms with van der Waals surface area (Å²) < 4.78 is 29.6. The average molecular weight is 214 g/mol. The van der Waals surface area contributed by atoms with Crippen molar-refractivity contribution in [2.45, 2.75) is 24.2 Å². The van der Waals surface area contributed by atoms with Gasteiger partial charge >= 0.3 is 0 Å². The molecular weight excluding hydrogens is 200 g/mol. The highest BCUT2D eigenvalue weighted by atomic mass is 32.2. The van der Waals surface area contributed by atoms with Crippen LogP contribution in [0.15, 0.2) is 0 Å². The molecule has 0 radical (unpaired) electrons. The molecule has 0 saturated carbocycles. The quantitative estimate of drug-likeness (QED) is 0.394. The Kier molecular flexibility index (Phi) is 5.42. The fourth-order valence-electron chi connectivity index (χ4n) is 0.861. The lowest BCUT2D eigenvalue weighted by atomic mass is 10.1. The van der Waals surface area contributed by atoms with E-state index in [1.807, 2.05) is 0 Å². The van der Waals surface area contributed by atoms with E-state index in [1.54, 1.807) is 0 Å². The van der Waals surface area contributed by atoms with Gasteiger partial charge in [0, 0.05) is 6.61 Å². The smallest absolute Gasteiger partial charge is 0.270 e. The molecule has 2 atom stereocenters. The van der Waals surface area contributed by atoms with Crippen molar-refractivity contribution in [3.8, 4) is 0 Å². The van der Waals surface area contributed by atoms with Crippen LogP contribution in [0.3, 0.4) is 0 Å². The van der Waals surface area contributed by atoms with Gasteiger partial charge in [-0.05, 0) is 12.8 Å². The average Bonchev–Trinajstić information content (AvgIpc) is 1.98. The maximum absolute atomic E-state index is 10.5. The second-order valence-electron chi connectivity index (χ2n) is 2.72. The predicted octanol–water partition coefficient (Wildman–Crippen LogP) is -1.63. The molecule has 80 valence electrons. The van der Waals surface area contributed by atoms with Gasteiger partial charge in [0.05, 0.1) is 12.7 Å². The molecule has 0 fully saturated rings. The summed E-state index contributed by atoms with van der Waals surface area (Å²) in [6.07, 6.45) is -1.30. The number of aliphatic hydroxyl groups is 3. The Balaban J connectivity index is 4.14. The van der Waals surface area contributed by atoms with Gasteiger partial charge in [-0.25, -0.2) is 0 Å². The fourth-order valence-corrected chi connectivity index (χ4v) is 1.51. The second kappa shape index (κ2) is 5.51. The van der Waals surface area contributed by atoms with E-state index in [-0.39, 0.29) is 19.4 Å². The Morgan fingerprint density at radius 3 is 2.08 bits per heavy atom. The van der Waals surface area contributed by atoms with Crippen LogP contribution < -0.4 is 0 Å². The first kappa shape index (κ1) is 12.8. The van der Waals surface area contributed by atoms with Crippen molar-refractivity contribution in [1.82, 2.24) is 0 Å². The molecule has 0 rings (SSSR count). The largest absolute Gasteiger partial charge is 0.396 e. The fraction of sp³-hybridized carbons (Fsp3) is 1.00. The topological polar surface area (TPSA) is 115 Å². The Morgan fingerprint density at radius 1 is 1.23 bits per heavy atom. The zero-order chi connectivity index (χ0) is 10.5. The molecule has 0 saturated heterocycles. The van der Waals surface area contributed by atoms with Gasteiger partial charge in [-0.3, -0.25) is 4.55 Å². The normalized spacial score (nSPS) is 16.9. The first-order valence-electron chi connectivity index (χ1n) is 3.78. The standard InChI is InChI=1S/C6H14O6S/c7-2-1-5(9)3-6(4-8)13(10,11)12/h5-9H,1-4H2,(H,10,11,12). The molecule has 0 heterocycles. The Morgan fingerprint density at radius 2 is 1.77 bits per heavy atom. The minimum atomic E-state index is -4.32. The van der Waals surface area contributed by atoms with Gasteiger partial charge in [0.15, 0.2) is 0 Å². The molecule has 13 heavy (non-hydrogen) atoms. The van der Waals surface area contributed by atoms with Crippen LogP contribution in [0.5, 0.6) is 0 Å². The molecule has 4 N–H and O–H groups in total. The first-order valence-corrected chi connectivity index (χ1v) is 5.28. The first-order chi connectivity index (χ1) is 5.91. The molecule has 6 nitrogen and oxygen atoms in total. The Bertz CT molecular complexity index is 223. The number of hydrogen-bond acceptors (Lipinski definition) is 5. The van der Waals surface area contributed by atoms with Crippen LogP contribution >= 0.6 is 0 Å². The summed E-state index contributed by atoms with van der Waals surface area (Å²) in [5.74, 6) is 0. The minimum Gasteiger partial charge on any atom is -0.396 e. The second-order valence-corrected chi connectivity index (χ2v) is 4.42. The van der Waals surface area contributed by atoms with E-state index >= 15 is 0 Å². The van der Waals surface area contributed by atoms with Crippen LogP contribution in [0, 0.1) is 0 Å². The summed E-state index contributed by atoms with van der Waals surface area (Å²) in [6.45, 7) is -1.02. The summed E-state index contributed by atoms with van der Waals surface area (Å²) in [5, 5.41) is 24.6. The zero-order valence-corrected chi connectivity index (χ0v) is 7.81. The number of rotatable bonds is 6. The molecule has 0 bridgehead atoms. The van der Waals surface area contributed by atoms with Crippen molar-refractivity contribution >= 4 is 10.1 Å². The molecule has 0 aromatic carbocycles. The summed E-state index contributed by atoms with van der Waals surface area (Å²) in [7, 11) is -4.32. The molecule has 0 aliphatic rings. The summed E-state index contributed by atoms with van der Waals surface area (Å²) in [6, 6.07) is 0. The van der Waals surface area contributed by atoms with Crippen molar-refractivity contribution in [2.75, 3.05) is 13.2 Å². The highest BCUT2D eigenvalue weighted by Gasteiger charge is 2.24. The van der Waals surface area contributed by atoms with Crippen molar-refractivity contribution in [3.63, 3.8) is 0 Å². The van der Waals surface area contributed by atoms with E-state index in [4.69, 9.17) is 19.9 Å². The summed E-state index contributed by atoms with van der Waals surface area (Å²) in [5.41, 5.74) is 0. The van der Waals surface area contributed by atoms with Gasteiger partial charge in [0.2, 0.25) is 0 Å². The molecule has 0 aromatic heterocycles. The van der Waals surface area contributed by atoms with Crippen molar-refractivity contribution in [1.29, 1.82) is 0 Å². The number of hydrogen-bond donors (Lipinski definition) is 4. The van der Waals surface area contributed by atoms with Crippen LogP contribution in [-0.4, -0.2) is 52.9 Å². The predicted molar refractivity (Wildman–Crippen MR) is 44.7 cm³/mol. The van der Waals surface area contributed by atoms with Crippen molar-refractivity contribution in [2.24, 2.45) is 0 Å². The van der Waals surface area contributed by atoms with Gasteiger partial charge in [0.25, 0.3) is 10.1 Å². The molecule has 0 amide bonds. The van der Waals surface area contributed by atoms with E-state index in [2.05, 4.69) is 0 Å². The Labute approximate surface area is 76.6 Å². The summed E-state index contributed by atoms with van der Waals surface area (Å²) in [4.78, 5) is 0. The lowest BCUT2D eigenvalue weighted by molar-refractivity contribution is 0.115. The van der Waals surface area contributed by atoms with E-state index < -0.39 is 28.1 Å². The van der Waals surface area contributed by atoms with E-state index in [9.17, 15) is 8.42 Å². The molecular formula is C6H14O6S. The molecule has 7 heteroatoms. The maximum atomic E-state index is 10.5. The maximum Gasteiger partial charge on any atom is 0.270 e. The van der Waals surface area contributed by atoms with Crippen LogP contribution in [0.25, 0.3) is 0 Å². The monoisotopic (exact) mass is 214 g/mol. The van der Waals surface area contributed by atoms with Crippen LogP contribution in [0.1, 0.15) is 12.8 Å². The van der Waals surface area contributed by atoms with Crippen molar-refractivity contribution < 1.29 is 28.3 Å².